The first kappa shape index (κ1) is 12.4. The molecular weight excluding hydrogens is 168 g/mol. The summed E-state index contributed by atoms with van der Waals surface area (Å²) in [5.74, 6) is 0.227. The normalized spacial score (nSPS) is 13.0. The Labute approximate surface area is 79.8 Å². The second-order valence-corrected chi connectivity index (χ2v) is 3.46. The van der Waals surface area contributed by atoms with E-state index < -0.39 is 0 Å². The largest absolute Gasteiger partial charge is 0.330 e. The van der Waals surface area contributed by atoms with Gasteiger partial charge in [0.15, 0.2) is 0 Å². The highest BCUT2D eigenvalue weighted by Gasteiger charge is 2.17. The predicted molar refractivity (Wildman–Crippen MR) is 51.8 cm³/mol. The van der Waals surface area contributed by atoms with Crippen molar-refractivity contribution >= 4 is 5.91 Å². The lowest BCUT2D eigenvalue weighted by molar-refractivity contribution is -0.137. The molecule has 0 aliphatic heterocycles. The Bertz CT molecular complexity index is 149. The molecule has 0 fully saturated rings. The molecule has 0 aromatic heterocycles. The van der Waals surface area contributed by atoms with Gasteiger partial charge in [0.25, 0.3) is 0 Å². The monoisotopic (exact) mass is 188 g/mol. The van der Waals surface area contributed by atoms with E-state index >= 15 is 0 Å². The maximum Gasteiger partial charge on any atom is 0.247 e. The van der Waals surface area contributed by atoms with Crippen molar-refractivity contribution in [2.24, 2.45) is 17.6 Å². The van der Waals surface area contributed by atoms with Crippen LogP contribution < -0.4 is 11.2 Å². The van der Waals surface area contributed by atoms with E-state index in [1.807, 2.05) is 6.92 Å². The first-order valence-corrected chi connectivity index (χ1v) is 4.73. The molecule has 3 N–H and O–H groups in total. The summed E-state index contributed by atoms with van der Waals surface area (Å²) in [5, 5.41) is 0. The van der Waals surface area contributed by atoms with Gasteiger partial charge in [0.2, 0.25) is 5.91 Å². The molecule has 1 amide bonds. The van der Waals surface area contributed by atoms with E-state index in [1.165, 1.54) is 0 Å². The van der Waals surface area contributed by atoms with Crippen molar-refractivity contribution < 1.29 is 9.63 Å². The van der Waals surface area contributed by atoms with Gasteiger partial charge >= 0.3 is 0 Å². The smallest absolute Gasteiger partial charge is 0.247 e. The van der Waals surface area contributed by atoms with Gasteiger partial charge in [0.1, 0.15) is 0 Å². The Kier molecular flexibility index (Phi) is 6.54. The standard InChI is InChI=1S/C9H20N2O2/c1-4-13-11-9(12)8(6-10)5-7(2)3/h7-8H,4-6,10H2,1-3H3,(H,11,12). The molecule has 13 heavy (non-hydrogen) atoms. The van der Waals surface area contributed by atoms with Crippen molar-refractivity contribution in [3.05, 3.63) is 0 Å². The van der Waals surface area contributed by atoms with Crippen LogP contribution >= 0.6 is 0 Å². The van der Waals surface area contributed by atoms with Crippen molar-refractivity contribution in [1.29, 1.82) is 0 Å². The summed E-state index contributed by atoms with van der Waals surface area (Å²) in [7, 11) is 0. The Morgan fingerprint density at radius 1 is 1.54 bits per heavy atom. The van der Waals surface area contributed by atoms with Crippen molar-refractivity contribution in [2.45, 2.75) is 27.2 Å². The Morgan fingerprint density at radius 3 is 2.54 bits per heavy atom. The second-order valence-electron chi connectivity index (χ2n) is 3.46. The van der Waals surface area contributed by atoms with Gasteiger partial charge in [0.05, 0.1) is 12.5 Å². The van der Waals surface area contributed by atoms with Crippen LogP contribution in [0.3, 0.4) is 0 Å². The highest BCUT2D eigenvalue weighted by Crippen LogP contribution is 2.10. The number of carbonyl (C=O) groups is 1. The van der Waals surface area contributed by atoms with Crippen molar-refractivity contribution in [1.82, 2.24) is 5.48 Å². The maximum atomic E-state index is 11.4. The van der Waals surface area contributed by atoms with E-state index in [0.717, 1.165) is 6.42 Å². The van der Waals surface area contributed by atoms with Crippen LogP contribution in [0.2, 0.25) is 0 Å². The molecular formula is C9H20N2O2. The summed E-state index contributed by atoms with van der Waals surface area (Å²) in [4.78, 5) is 16.2. The number of hydrogen-bond donors (Lipinski definition) is 2. The van der Waals surface area contributed by atoms with Gasteiger partial charge in [0, 0.05) is 6.54 Å². The summed E-state index contributed by atoms with van der Waals surface area (Å²) in [6, 6.07) is 0. The molecule has 1 unspecified atom stereocenters. The van der Waals surface area contributed by atoms with Gasteiger partial charge in [-0.15, -0.1) is 0 Å². The summed E-state index contributed by atoms with van der Waals surface area (Å²) in [6.45, 7) is 6.80. The van der Waals surface area contributed by atoms with Crippen LogP contribution in [0.15, 0.2) is 0 Å². The van der Waals surface area contributed by atoms with E-state index in [0.29, 0.717) is 19.1 Å². The first-order chi connectivity index (χ1) is 6.11. The third kappa shape index (κ3) is 5.60. The molecule has 0 spiro atoms. The van der Waals surface area contributed by atoms with E-state index in [-0.39, 0.29) is 11.8 Å². The molecule has 4 nitrogen and oxygen atoms in total. The fourth-order valence-electron chi connectivity index (χ4n) is 1.11. The first-order valence-electron chi connectivity index (χ1n) is 4.73. The Morgan fingerprint density at radius 2 is 2.15 bits per heavy atom. The molecule has 1 atom stereocenters. The molecule has 0 rings (SSSR count). The topological polar surface area (TPSA) is 64.3 Å². The summed E-state index contributed by atoms with van der Waals surface area (Å²) >= 11 is 0. The minimum absolute atomic E-state index is 0.113. The van der Waals surface area contributed by atoms with E-state index in [9.17, 15) is 4.79 Å². The van der Waals surface area contributed by atoms with Gasteiger partial charge < -0.3 is 5.73 Å². The minimum Gasteiger partial charge on any atom is -0.330 e. The fraction of sp³-hybridized carbons (Fsp3) is 0.889. The molecule has 0 saturated carbocycles. The maximum absolute atomic E-state index is 11.4. The van der Waals surface area contributed by atoms with Crippen LogP contribution in [0.4, 0.5) is 0 Å². The van der Waals surface area contributed by atoms with Crippen molar-refractivity contribution in [2.75, 3.05) is 13.2 Å². The number of rotatable bonds is 6. The zero-order valence-corrected chi connectivity index (χ0v) is 8.67. The van der Waals surface area contributed by atoms with Crippen LogP contribution in [0.25, 0.3) is 0 Å². The number of amides is 1. The third-order valence-corrected chi connectivity index (χ3v) is 1.73. The zero-order valence-electron chi connectivity index (χ0n) is 8.67. The van der Waals surface area contributed by atoms with Crippen molar-refractivity contribution in [3.8, 4) is 0 Å². The van der Waals surface area contributed by atoms with Gasteiger partial charge in [-0.1, -0.05) is 13.8 Å². The number of hydrogen-bond acceptors (Lipinski definition) is 3. The van der Waals surface area contributed by atoms with Crippen LogP contribution in [-0.2, 0) is 9.63 Å². The SMILES string of the molecule is CCONC(=O)C(CN)CC(C)C. The van der Waals surface area contributed by atoms with E-state index in [4.69, 9.17) is 10.6 Å². The molecule has 0 heterocycles. The lowest BCUT2D eigenvalue weighted by Gasteiger charge is -2.15. The van der Waals surface area contributed by atoms with Crippen molar-refractivity contribution in [3.63, 3.8) is 0 Å². The molecule has 0 aliphatic rings. The minimum atomic E-state index is -0.133. The summed E-state index contributed by atoms with van der Waals surface area (Å²) < 4.78 is 0. The number of carbonyl (C=O) groups excluding carboxylic acids is 1. The third-order valence-electron chi connectivity index (χ3n) is 1.73. The van der Waals surface area contributed by atoms with Gasteiger partial charge in [-0.2, -0.15) is 0 Å². The molecule has 0 bridgehead atoms. The number of nitrogens with two attached hydrogens (primary N) is 1. The van der Waals surface area contributed by atoms with E-state index in [1.54, 1.807) is 0 Å². The molecule has 0 aromatic carbocycles. The molecule has 4 heteroatoms. The molecule has 0 saturated heterocycles. The van der Waals surface area contributed by atoms with Gasteiger partial charge in [-0.05, 0) is 19.3 Å². The molecule has 0 radical (unpaired) electrons. The molecule has 0 aromatic rings. The Balaban J connectivity index is 3.85. The quantitative estimate of drug-likeness (QED) is 0.602. The Hall–Kier alpha value is -0.610. The lowest BCUT2D eigenvalue weighted by atomic mass is 9.97. The zero-order chi connectivity index (χ0) is 10.3. The molecule has 0 aliphatic carbocycles. The highest BCUT2D eigenvalue weighted by atomic mass is 16.6. The number of nitrogens with one attached hydrogen (secondary N) is 1. The fourth-order valence-corrected chi connectivity index (χ4v) is 1.11. The van der Waals surface area contributed by atoms with Crippen LogP contribution in [0.1, 0.15) is 27.2 Å². The van der Waals surface area contributed by atoms with Gasteiger partial charge in [-0.3, -0.25) is 9.63 Å². The second kappa shape index (κ2) is 6.86. The predicted octanol–water partition coefficient (Wildman–Crippen LogP) is 0.675. The van der Waals surface area contributed by atoms with E-state index in [2.05, 4.69) is 19.3 Å². The average molecular weight is 188 g/mol. The van der Waals surface area contributed by atoms with Crippen LogP contribution in [0.5, 0.6) is 0 Å². The molecule has 78 valence electrons. The summed E-state index contributed by atoms with van der Waals surface area (Å²) in [6.07, 6.45) is 0.801. The van der Waals surface area contributed by atoms with Gasteiger partial charge in [-0.25, -0.2) is 5.48 Å². The highest BCUT2D eigenvalue weighted by molar-refractivity contribution is 5.77. The average Bonchev–Trinajstić information content (AvgIpc) is 2.09. The lowest BCUT2D eigenvalue weighted by Crippen LogP contribution is -2.35. The van der Waals surface area contributed by atoms with Crippen LogP contribution in [0, 0.1) is 11.8 Å². The van der Waals surface area contributed by atoms with Crippen LogP contribution in [-0.4, -0.2) is 19.1 Å². The summed E-state index contributed by atoms with van der Waals surface area (Å²) in [5.41, 5.74) is 7.85. The number of hydroxylamine groups is 1.